The lowest BCUT2D eigenvalue weighted by atomic mass is 10.1. The third kappa shape index (κ3) is 3.01. The van der Waals surface area contributed by atoms with E-state index in [1.807, 2.05) is 20.8 Å². The number of carbonyl (C=O) groups is 1. The van der Waals surface area contributed by atoms with Gasteiger partial charge in [0.15, 0.2) is 0 Å². The zero-order valence-electron chi connectivity index (χ0n) is 7.85. The van der Waals surface area contributed by atoms with Gasteiger partial charge in [0.1, 0.15) is 4.88 Å². The molecule has 4 heteroatoms. The third-order valence-corrected chi connectivity index (χ3v) is 2.65. The van der Waals surface area contributed by atoms with Crippen molar-refractivity contribution >= 4 is 28.8 Å². The maximum absolute atomic E-state index is 11.6. The maximum Gasteiger partial charge on any atom is 0.263 e. The van der Waals surface area contributed by atoms with Gasteiger partial charge in [-0.15, -0.1) is 11.3 Å². The zero-order valence-corrected chi connectivity index (χ0v) is 9.42. The Morgan fingerprint density at radius 3 is 2.54 bits per heavy atom. The predicted octanol–water partition coefficient (Wildman–Crippen LogP) is 2.93. The van der Waals surface area contributed by atoms with Crippen molar-refractivity contribution in [3.63, 3.8) is 0 Å². The summed E-state index contributed by atoms with van der Waals surface area (Å²) in [4.78, 5) is 12.1. The van der Waals surface area contributed by atoms with Gasteiger partial charge < -0.3 is 5.32 Å². The summed E-state index contributed by atoms with van der Waals surface area (Å²) < 4.78 is 0. The second-order valence-corrected chi connectivity index (χ2v) is 5.13. The molecule has 0 spiro atoms. The fraction of sp³-hybridized carbons (Fsp3) is 0.444. The first-order chi connectivity index (χ1) is 5.90. The minimum atomic E-state index is -0.218. The summed E-state index contributed by atoms with van der Waals surface area (Å²) in [6.07, 6.45) is 0. The first-order valence-electron chi connectivity index (χ1n) is 3.95. The molecule has 0 saturated carbocycles. The van der Waals surface area contributed by atoms with Gasteiger partial charge in [-0.2, -0.15) is 0 Å². The highest BCUT2D eigenvalue weighted by Gasteiger charge is 2.17. The van der Waals surface area contributed by atoms with Gasteiger partial charge in [-0.05, 0) is 32.2 Å². The molecule has 2 nitrogen and oxygen atoms in total. The summed E-state index contributed by atoms with van der Waals surface area (Å²) in [7, 11) is 0. The van der Waals surface area contributed by atoms with E-state index in [1.54, 1.807) is 11.4 Å². The van der Waals surface area contributed by atoms with Crippen LogP contribution in [0.5, 0.6) is 0 Å². The average molecular weight is 218 g/mol. The number of thiophene rings is 1. The molecule has 72 valence electrons. The van der Waals surface area contributed by atoms with E-state index in [4.69, 9.17) is 11.6 Å². The van der Waals surface area contributed by atoms with Crippen molar-refractivity contribution < 1.29 is 4.79 Å². The highest BCUT2D eigenvalue weighted by atomic mass is 35.5. The van der Waals surface area contributed by atoms with Gasteiger partial charge in [0.25, 0.3) is 5.91 Å². The fourth-order valence-electron chi connectivity index (χ4n) is 0.853. The van der Waals surface area contributed by atoms with Crippen molar-refractivity contribution in [3.8, 4) is 0 Å². The van der Waals surface area contributed by atoms with E-state index < -0.39 is 0 Å². The molecule has 0 fully saturated rings. The Bertz CT molecular complexity index is 314. The fourth-order valence-corrected chi connectivity index (χ4v) is 1.89. The normalized spacial score (nSPS) is 11.4. The monoisotopic (exact) mass is 217 g/mol. The van der Waals surface area contributed by atoms with E-state index in [1.165, 1.54) is 11.3 Å². The lowest BCUT2D eigenvalue weighted by Gasteiger charge is -2.19. The zero-order chi connectivity index (χ0) is 10.1. The quantitative estimate of drug-likeness (QED) is 0.770. The van der Waals surface area contributed by atoms with Gasteiger partial charge in [-0.3, -0.25) is 4.79 Å². The van der Waals surface area contributed by atoms with Crippen LogP contribution in [0.4, 0.5) is 0 Å². The molecular weight excluding hydrogens is 206 g/mol. The number of hydrogen-bond donors (Lipinski definition) is 1. The summed E-state index contributed by atoms with van der Waals surface area (Å²) in [6.45, 7) is 5.81. The van der Waals surface area contributed by atoms with E-state index in [0.29, 0.717) is 9.90 Å². The van der Waals surface area contributed by atoms with Crippen LogP contribution in [0.25, 0.3) is 0 Å². The maximum atomic E-state index is 11.6. The van der Waals surface area contributed by atoms with Gasteiger partial charge in [-0.1, -0.05) is 11.6 Å². The van der Waals surface area contributed by atoms with Gasteiger partial charge >= 0.3 is 0 Å². The standard InChI is InChI=1S/C9H12ClNOS/c1-9(2,3)11-8(12)7-6(10)4-5-13-7/h4-5H,1-3H3,(H,11,12). The van der Waals surface area contributed by atoms with Crippen molar-refractivity contribution in [1.29, 1.82) is 0 Å². The van der Waals surface area contributed by atoms with Crippen LogP contribution >= 0.6 is 22.9 Å². The van der Waals surface area contributed by atoms with Gasteiger partial charge in [-0.25, -0.2) is 0 Å². The molecule has 13 heavy (non-hydrogen) atoms. The number of hydrogen-bond acceptors (Lipinski definition) is 2. The Morgan fingerprint density at radius 1 is 1.54 bits per heavy atom. The molecule has 0 aliphatic heterocycles. The van der Waals surface area contributed by atoms with Crippen LogP contribution in [-0.2, 0) is 0 Å². The highest BCUT2D eigenvalue weighted by Crippen LogP contribution is 2.22. The molecule has 1 amide bonds. The first-order valence-corrected chi connectivity index (χ1v) is 5.21. The average Bonchev–Trinajstić information content (AvgIpc) is 2.30. The van der Waals surface area contributed by atoms with Crippen LogP contribution in [0.15, 0.2) is 11.4 Å². The lowest BCUT2D eigenvalue weighted by molar-refractivity contribution is 0.0924. The molecule has 1 rings (SSSR count). The molecule has 0 aliphatic carbocycles. The second-order valence-electron chi connectivity index (χ2n) is 3.80. The predicted molar refractivity (Wildman–Crippen MR) is 56.5 cm³/mol. The molecule has 0 unspecified atom stereocenters. The Hall–Kier alpha value is -0.540. The Labute approximate surface area is 86.9 Å². The molecule has 0 aliphatic rings. The molecule has 1 N–H and O–H groups in total. The molecule has 0 aromatic carbocycles. The smallest absolute Gasteiger partial charge is 0.263 e. The highest BCUT2D eigenvalue weighted by molar-refractivity contribution is 7.12. The molecule has 0 atom stereocenters. The van der Waals surface area contributed by atoms with E-state index in [0.717, 1.165) is 0 Å². The summed E-state index contributed by atoms with van der Waals surface area (Å²) in [6, 6.07) is 1.73. The number of nitrogens with one attached hydrogen (secondary N) is 1. The van der Waals surface area contributed by atoms with Gasteiger partial charge in [0, 0.05) is 5.54 Å². The number of halogens is 1. The molecule has 1 aromatic heterocycles. The Morgan fingerprint density at radius 2 is 2.15 bits per heavy atom. The Balaban J connectivity index is 2.76. The van der Waals surface area contributed by atoms with E-state index in [2.05, 4.69) is 5.32 Å². The topological polar surface area (TPSA) is 29.1 Å². The van der Waals surface area contributed by atoms with Crippen LogP contribution in [0.1, 0.15) is 30.4 Å². The molecule has 0 radical (unpaired) electrons. The lowest BCUT2D eigenvalue weighted by Crippen LogP contribution is -2.40. The van der Waals surface area contributed by atoms with Crippen LogP contribution < -0.4 is 5.32 Å². The summed E-state index contributed by atoms with van der Waals surface area (Å²) >= 11 is 7.17. The van der Waals surface area contributed by atoms with Crippen molar-refractivity contribution in [2.45, 2.75) is 26.3 Å². The SMILES string of the molecule is CC(C)(C)NC(=O)c1sccc1Cl. The molecule has 0 bridgehead atoms. The van der Waals surface area contributed by atoms with Crippen LogP contribution in [-0.4, -0.2) is 11.4 Å². The van der Waals surface area contributed by atoms with E-state index in [9.17, 15) is 4.79 Å². The molecule has 1 heterocycles. The van der Waals surface area contributed by atoms with Crippen molar-refractivity contribution in [2.75, 3.05) is 0 Å². The first kappa shape index (κ1) is 10.5. The van der Waals surface area contributed by atoms with E-state index >= 15 is 0 Å². The summed E-state index contributed by atoms with van der Waals surface area (Å²) in [5, 5.41) is 5.18. The van der Waals surface area contributed by atoms with Crippen molar-refractivity contribution in [2.24, 2.45) is 0 Å². The van der Waals surface area contributed by atoms with Crippen molar-refractivity contribution in [1.82, 2.24) is 5.32 Å². The summed E-state index contributed by atoms with van der Waals surface area (Å²) in [5.74, 6) is -0.104. The van der Waals surface area contributed by atoms with Crippen molar-refractivity contribution in [3.05, 3.63) is 21.3 Å². The Kier molecular flexibility index (Phi) is 2.98. The van der Waals surface area contributed by atoms with Crippen LogP contribution in [0.3, 0.4) is 0 Å². The van der Waals surface area contributed by atoms with Gasteiger partial charge in [0.2, 0.25) is 0 Å². The van der Waals surface area contributed by atoms with Crippen LogP contribution in [0.2, 0.25) is 5.02 Å². The summed E-state index contributed by atoms with van der Waals surface area (Å²) in [5.41, 5.74) is -0.218. The number of amides is 1. The molecule has 0 saturated heterocycles. The number of carbonyl (C=O) groups excluding carboxylic acids is 1. The molecular formula is C9H12ClNOS. The van der Waals surface area contributed by atoms with Crippen LogP contribution in [0, 0.1) is 0 Å². The van der Waals surface area contributed by atoms with Gasteiger partial charge in [0.05, 0.1) is 5.02 Å². The number of rotatable bonds is 1. The third-order valence-electron chi connectivity index (χ3n) is 1.31. The minimum absolute atomic E-state index is 0.104. The van der Waals surface area contributed by atoms with E-state index in [-0.39, 0.29) is 11.4 Å². The minimum Gasteiger partial charge on any atom is -0.347 e. The molecule has 1 aromatic rings. The second kappa shape index (κ2) is 3.68. The largest absolute Gasteiger partial charge is 0.347 e.